The molecule has 0 aliphatic carbocycles. The van der Waals surface area contributed by atoms with Crippen LogP contribution in [0.2, 0.25) is 0 Å². The Morgan fingerprint density at radius 1 is 1.53 bits per heavy atom. The zero-order chi connectivity index (χ0) is 12.0. The predicted octanol–water partition coefficient (Wildman–Crippen LogP) is 0.191. The summed E-state index contributed by atoms with van der Waals surface area (Å²) in [5.74, 6) is 0.655. The highest BCUT2D eigenvalue weighted by molar-refractivity contribution is 6.32. The lowest BCUT2D eigenvalue weighted by Crippen LogP contribution is -2.39. The van der Waals surface area contributed by atoms with Crippen LogP contribution in [0.4, 0.5) is 5.69 Å². The van der Waals surface area contributed by atoms with E-state index in [0.29, 0.717) is 5.92 Å². The monoisotopic (exact) mass is 229 g/mol. The molecule has 3 nitrogen and oxygen atoms in total. The highest BCUT2D eigenvalue weighted by Crippen LogP contribution is 2.42. The van der Waals surface area contributed by atoms with Gasteiger partial charge in [-0.2, -0.15) is 0 Å². The molecule has 2 aliphatic heterocycles. The number of benzene rings is 1. The lowest BCUT2D eigenvalue weighted by molar-refractivity contribution is -0.122. The van der Waals surface area contributed by atoms with Gasteiger partial charge in [0.25, 0.3) is 0 Å². The summed E-state index contributed by atoms with van der Waals surface area (Å²) in [6, 6.07) is 6.18. The van der Waals surface area contributed by atoms with Crippen molar-refractivity contribution in [3.05, 3.63) is 23.8 Å². The van der Waals surface area contributed by atoms with Crippen molar-refractivity contribution in [2.45, 2.75) is 18.8 Å². The zero-order valence-electron chi connectivity index (χ0n) is 10.2. The first kappa shape index (κ1) is 10.8. The Bertz CT molecular complexity index is 484. The minimum Gasteiger partial charge on any atom is -0.381 e. The summed E-state index contributed by atoms with van der Waals surface area (Å²) >= 11 is 0. The summed E-state index contributed by atoms with van der Waals surface area (Å²) in [4.78, 5) is 12.2. The SMILES string of the molecule is Bc1ccc2c(c1)C(C)(CC1COC1)C(=O)N2. The first-order chi connectivity index (χ1) is 8.09. The van der Waals surface area contributed by atoms with Crippen LogP contribution in [-0.2, 0) is 14.9 Å². The molecule has 3 rings (SSSR count). The fourth-order valence-electron chi connectivity index (χ4n) is 2.79. The standard InChI is InChI=1S/C13H16BNO2/c1-13(5-8-6-17-7-8)10-4-9(14)2-3-11(10)15-12(13)16/h2-4,8H,5-7,14H2,1H3,(H,15,16). The highest BCUT2D eigenvalue weighted by Gasteiger charge is 2.45. The van der Waals surface area contributed by atoms with Crippen LogP contribution in [0.5, 0.6) is 0 Å². The molecule has 0 aromatic heterocycles. The first-order valence-electron chi connectivity index (χ1n) is 6.10. The molecule has 2 heterocycles. The van der Waals surface area contributed by atoms with Gasteiger partial charge in [0.15, 0.2) is 0 Å². The van der Waals surface area contributed by atoms with Gasteiger partial charge in [-0.05, 0) is 25.0 Å². The maximum atomic E-state index is 12.2. The molecule has 1 fully saturated rings. The van der Waals surface area contributed by atoms with Gasteiger partial charge >= 0.3 is 0 Å². The molecule has 1 aromatic carbocycles. The number of hydrogen-bond donors (Lipinski definition) is 1. The largest absolute Gasteiger partial charge is 0.381 e. The molecule has 1 aromatic rings. The van der Waals surface area contributed by atoms with Crippen molar-refractivity contribution in [1.82, 2.24) is 0 Å². The molecule has 1 saturated heterocycles. The van der Waals surface area contributed by atoms with E-state index in [1.807, 2.05) is 19.1 Å². The maximum absolute atomic E-state index is 12.2. The second-order valence-corrected chi connectivity index (χ2v) is 5.44. The summed E-state index contributed by atoms with van der Waals surface area (Å²) in [6.45, 7) is 3.64. The smallest absolute Gasteiger partial charge is 0.234 e. The number of fused-ring (bicyclic) bond motifs is 1. The van der Waals surface area contributed by atoms with E-state index >= 15 is 0 Å². The van der Waals surface area contributed by atoms with Gasteiger partial charge in [-0.3, -0.25) is 4.79 Å². The van der Waals surface area contributed by atoms with Gasteiger partial charge in [0.05, 0.1) is 18.6 Å². The Morgan fingerprint density at radius 2 is 2.29 bits per heavy atom. The third-order valence-electron chi connectivity index (χ3n) is 3.92. The molecule has 1 N–H and O–H groups in total. The second-order valence-electron chi connectivity index (χ2n) is 5.44. The van der Waals surface area contributed by atoms with E-state index in [-0.39, 0.29) is 11.3 Å². The quantitative estimate of drug-likeness (QED) is 0.735. The Kier molecular flexibility index (Phi) is 2.30. The zero-order valence-corrected chi connectivity index (χ0v) is 10.2. The van der Waals surface area contributed by atoms with E-state index in [0.717, 1.165) is 30.9 Å². The maximum Gasteiger partial charge on any atom is 0.234 e. The van der Waals surface area contributed by atoms with E-state index in [1.54, 1.807) is 0 Å². The number of nitrogens with one attached hydrogen (secondary N) is 1. The van der Waals surface area contributed by atoms with E-state index in [1.165, 1.54) is 5.46 Å². The normalized spacial score (nSPS) is 27.5. The lowest BCUT2D eigenvalue weighted by Gasteiger charge is -2.33. The van der Waals surface area contributed by atoms with Gasteiger partial charge in [-0.1, -0.05) is 17.6 Å². The van der Waals surface area contributed by atoms with Crippen LogP contribution in [0.15, 0.2) is 18.2 Å². The van der Waals surface area contributed by atoms with Gasteiger partial charge in [-0.15, -0.1) is 0 Å². The third-order valence-corrected chi connectivity index (χ3v) is 3.92. The molecule has 0 spiro atoms. The van der Waals surface area contributed by atoms with Gasteiger partial charge in [0, 0.05) is 11.6 Å². The third kappa shape index (κ3) is 1.59. The first-order valence-corrected chi connectivity index (χ1v) is 6.10. The molecule has 1 unspecified atom stereocenters. The molecule has 2 aliphatic rings. The summed E-state index contributed by atoms with van der Waals surface area (Å²) < 4.78 is 5.21. The molecule has 0 saturated carbocycles. The average molecular weight is 229 g/mol. The Hall–Kier alpha value is -1.29. The topological polar surface area (TPSA) is 38.3 Å². The van der Waals surface area contributed by atoms with E-state index in [2.05, 4.69) is 19.2 Å². The van der Waals surface area contributed by atoms with Crippen molar-refractivity contribution in [1.29, 1.82) is 0 Å². The van der Waals surface area contributed by atoms with Gasteiger partial charge in [0.2, 0.25) is 5.91 Å². The molecule has 0 bridgehead atoms. The fourth-order valence-corrected chi connectivity index (χ4v) is 2.79. The lowest BCUT2D eigenvalue weighted by atomic mass is 9.74. The Balaban J connectivity index is 1.98. The predicted molar refractivity (Wildman–Crippen MR) is 69.5 cm³/mol. The van der Waals surface area contributed by atoms with Crippen LogP contribution in [0.25, 0.3) is 0 Å². The van der Waals surface area contributed by atoms with E-state index < -0.39 is 0 Å². The van der Waals surface area contributed by atoms with Gasteiger partial charge in [0.1, 0.15) is 7.85 Å². The van der Waals surface area contributed by atoms with Crippen LogP contribution in [-0.4, -0.2) is 27.0 Å². The number of carbonyl (C=O) groups is 1. The summed E-state index contributed by atoms with van der Waals surface area (Å²) in [5.41, 5.74) is 2.95. The van der Waals surface area contributed by atoms with Crippen molar-refractivity contribution in [3.63, 3.8) is 0 Å². The fraction of sp³-hybridized carbons (Fsp3) is 0.462. The van der Waals surface area contributed by atoms with Crippen molar-refractivity contribution in [2.75, 3.05) is 18.5 Å². The van der Waals surface area contributed by atoms with E-state index in [9.17, 15) is 4.79 Å². The van der Waals surface area contributed by atoms with Crippen LogP contribution in [0, 0.1) is 5.92 Å². The number of carbonyl (C=O) groups excluding carboxylic acids is 1. The number of anilines is 1. The van der Waals surface area contributed by atoms with Crippen LogP contribution < -0.4 is 10.8 Å². The molecule has 0 radical (unpaired) electrons. The number of amides is 1. The average Bonchev–Trinajstić information content (AvgIpc) is 2.48. The minimum atomic E-state index is -0.379. The van der Waals surface area contributed by atoms with Gasteiger partial charge < -0.3 is 10.1 Å². The highest BCUT2D eigenvalue weighted by atomic mass is 16.5. The van der Waals surface area contributed by atoms with Crippen molar-refractivity contribution in [2.24, 2.45) is 5.92 Å². The summed E-state index contributed by atoms with van der Waals surface area (Å²) in [6.07, 6.45) is 0.884. The minimum absolute atomic E-state index is 0.130. The molecule has 1 amide bonds. The van der Waals surface area contributed by atoms with Gasteiger partial charge in [-0.25, -0.2) is 0 Å². The van der Waals surface area contributed by atoms with Crippen molar-refractivity contribution in [3.8, 4) is 0 Å². The number of rotatable bonds is 2. The summed E-state index contributed by atoms with van der Waals surface area (Å²) in [5, 5.41) is 2.99. The number of ether oxygens (including phenoxy) is 1. The molecule has 4 heteroatoms. The second kappa shape index (κ2) is 3.60. The Morgan fingerprint density at radius 3 is 2.94 bits per heavy atom. The molecule has 1 atom stereocenters. The van der Waals surface area contributed by atoms with Crippen LogP contribution in [0.3, 0.4) is 0 Å². The molecule has 88 valence electrons. The Labute approximate surface area is 102 Å². The van der Waals surface area contributed by atoms with Crippen LogP contribution in [0.1, 0.15) is 18.9 Å². The van der Waals surface area contributed by atoms with Crippen molar-refractivity contribution >= 4 is 24.9 Å². The molecular formula is C13H16BNO2. The number of hydrogen-bond acceptors (Lipinski definition) is 2. The van der Waals surface area contributed by atoms with E-state index in [4.69, 9.17) is 4.74 Å². The molecule has 17 heavy (non-hydrogen) atoms. The van der Waals surface area contributed by atoms with Crippen molar-refractivity contribution < 1.29 is 9.53 Å². The summed E-state index contributed by atoms with van der Waals surface area (Å²) in [7, 11) is 2.07. The van der Waals surface area contributed by atoms with Crippen LogP contribution >= 0.6 is 0 Å². The molecular weight excluding hydrogens is 213 g/mol.